The number of hydrazine groups is 1. The molecule has 19 heavy (non-hydrogen) atoms. The van der Waals surface area contributed by atoms with E-state index < -0.39 is 6.10 Å². The summed E-state index contributed by atoms with van der Waals surface area (Å²) in [5.74, 6) is -0.0911. The number of carbonyl (C=O) groups is 2. The Labute approximate surface area is 112 Å². The van der Waals surface area contributed by atoms with E-state index >= 15 is 0 Å². The molecule has 1 atom stereocenters. The molecule has 1 aliphatic rings. The topological polar surface area (TPSA) is 72.4 Å². The molecule has 1 unspecified atom stereocenters. The second kappa shape index (κ2) is 5.88. The second-order valence-electron chi connectivity index (χ2n) is 4.87. The summed E-state index contributed by atoms with van der Waals surface area (Å²) in [6, 6.07) is 3.44. The monoisotopic (exact) mass is 265 g/mol. The van der Waals surface area contributed by atoms with Crippen molar-refractivity contribution < 1.29 is 14.3 Å². The third-order valence-electron chi connectivity index (χ3n) is 3.12. The molecule has 6 nitrogen and oxygen atoms in total. The Balaban J connectivity index is 1.73. The number of aryl methyl sites for hydroxylation is 1. The van der Waals surface area contributed by atoms with Gasteiger partial charge in [-0.25, -0.2) is 0 Å². The van der Waals surface area contributed by atoms with Crippen LogP contribution in [0.1, 0.15) is 30.3 Å². The minimum absolute atomic E-state index is 0.344. The standard InChI is InChI=1S/C13H19N3O3/c1-9(19-8-10-5-6-10)12(17)14-15-13(18)11-4-3-7-16(11)2/h3-4,7,9-10H,5-6,8H2,1-2H3,(H,14,17)(H,15,18). The molecule has 0 bridgehead atoms. The van der Waals surface area contributed by atoms with Crippen molar-refractivity contribution in [3.05, 3.63) is 24.0 Å². The van der Waals surface area contributed by atoms with Gasteiger partial charge in [-0.3, -0.25) is 20.4 Å². The highest BCUT2D eigenvalue weighted by molar-refractivity contribution is 5.94. The van der Waals surface area contributed by atoms with Crippen LogP contribution in [0.4, 0.5) is 0 Å². The van der Waals surface area contributed by atoms with Crippen molar-refractivity contribution >= 4 is 11.8 Å². The van der Waals surface area contributed by atoms with Crippen LogP contribution in [0.2, 0.25) is 0 Å². The lowest BCUT2D eigenvalue weighted by Crippen LogP contribution is -2.46. The summed E-state index contributed by atoms with van der Waals surface area (Å²) in [6.07, 6.45) is 3.56. The van der Waals surface area contributed by atoms with E-state index in [1.165, 1.54) is 12.8 Å². The number of ether oxygens (including phenoxy) is 1. The molecule has 104 valence electrons. The van der Waals surface area contributed by atoms with E-state index in [9.17, 15) is 9.59 Å². The van der Waals surface area contributed by atoms with Crippen molar-refractivity contribution in [2.24, 2.45) is 13.0 Å². The average molecular weight is 265 g/mol. The van der Waals surface area contributed by atoms with Crippen LogP contribution >= 0.6 is 0 Å². The fraction of sp³-hybridized carbons (Fsp3) is 0.538. The molecule has 2 rings (SSSR count). The van der Waals surface area contributed by atoms with Gasteiger partial charge in [-0.2, -0.15) is 0 Å². The third kappa shape index (κ3) is 3.82. The second-order valence-corrected chi connectivity index (χ2v) is 4.87. The Hall–Kier alpha value is -1.82. The van der Waals surface area contributed by atoms with E-state index in [1.54, 1.807) is 36.9 Å². The SMILES string of the molecule is CC(OCC1CC1)C(=O)NNC(=O)c1cccn1C. The summed E-state index contributed by atoms with van der Waals surface area (Å²) in [7, 11) is 1.76. The molecule has 0 aromatic carbocycles. The van der Waals surface area contributed by atoms with Gasteiger partial charge >= 0.3 is 0 Å². The Morgan fingerprint density at radius 2 is 2.21 bits per heavy atom. The number of hydrogen-bond acceptors (Lipinski definition) is 3. The Kier molecular flexibility index (Phi) is 4.21. The molecule has 2 N–H and O–H groups in total. The van der Waals surface area contributed by atoms with Crippen LogP contribution in [0, 0.1) is 5.92 Å². The molecule has 1 fully saturated rings. The number of amides is 2. The van der Waals surface area contributed by atoms with Gasteiger partial charge in [-0.05, 0) is 37.8 Å². The van der Waals surface area contributed by atoms with Crippen molar-refractivity contribution in [1.29, 1.82) is 0 Å². The molecule has 0 radical (unpaired) electrons. The summed E-state index contributed by atoms with van der Waals surface area (Å²) in [5, 5.41) is 0. The van der Waals surface area contributed by atoms with Gasteiger partial charge in [-0.15, -0.1) is 0 Å². The quantitative estimate of drug-likeness (QED) is 0.766. The first-order valence-electron chi connectivity index (χ1n) is 6.41. The summed E-state index contributed by atoms with van der Waals surface area (Å²) in [5.41, 5.74) is 5.21. The van der Waals surface area contributed by atoms with E-state index in [4.69, 9.17) is 4.74 Å². The van der Waals surface area contributed by atoms with E-state index in [1.807, 2.05) is 0 Å². The summed E-state index contributed by atoms with van der Waals surface area (Å²) in [6.45, 7) is 2.28. The summed E-state index contributed by atoms with van der Waals surface area (Å²) < 4.78 is 7.08. The minimum atomic E-state index is -0.561. The lowest BCUT2D eigenvalue weighted by molar-refractivity contribution is -0.132. The van der Waals surface area contributed by atoms with Crippen molar-refractivity contribution in [2.45, 2.75) is 25.9 Å². The largest absolute Gasteiger partial charge is 0.368 e. The third-order valence-corrected chi connectivity index (χ3v) is 3.12. The predicted molar refractivity (Wildman–Crippen MR) is 69.2 cm³/mol. The van der Waals surface area contributed by atoms with Crippen LogP contribution < -0.4 is 10.9 Å². The molecule has 1 saturated carbocycles. The Morgan fingerprint density at radius 1 is 1.47 bits per heavy atom. The smallest absolute Gasteiger partial charge is 0.286 e. The van der Waals surface area contributed by atoms with Gasteiger partial charge in [0.1, 0.15) is 11.8 Å². The van der Waals surface area contributed by atoms with Gasteiger partial charge in [-0.1, -0.05) is 0 Å². The zero-order valence-corrected chi connectivity index (χ0v) is 11.2. The molecular weight excluding hydrogens is 246 g/mol. The first-order valence-corrected chi connectivity index (χ1v) is 6.41. The maximum absolute atomic E-state index is 11.7. The highest BCUT2D eigenvalue weighted by Gasteiger charge is 2.24. The zero-order valence-electron chi connectivity index (χ0n) is 11.2. The number of nitrogens with zero attached hydrogens (tertiary/aromatic N) is 1. The molecular formula is C13H19N3O3. The maximum atomic E-state index is 11.7. The van der Waals surface area contributed by atoms with Crippen molar-refractivity contribution in [1.82, 2.24) is 15.4 Å². The van der Waals surface area contributed by atoms with Crippen LogP contribution in [0.3, 0.4) is 0 Å². The van der Waals surface area contributed by atoms with E-state index in [2.05, 4.69) is 10.9 Å². The Morgan fingerprint density at radius 3 is 2.79 bits per heavy atom. The molecule has 0 saturated heterocycles. The van der Waals surface area contributed by atoms with Crippen molar-refractivity contribution in [3.8, 4) is 0 Å². The first kappa shape index (κ1) is 13.6. The lowest BCUT2D eigenvalue weighted by Gasteiger charge is -2.13. The van der Waals surface area contributed by atoms with Gasteiger partial charge in [0.2, 0.25) is 0 Å². The van der Waals surface area contributed by atoms with Crippen molar-refractivity contribution in [3.63, 3.8) is 0 Å². The van der Waals surface area contributed by atoms with Crippen molar-refractivity contribution in [2.75, 3.05) is 6.61 Å². The van der Waals surface area contributed by atoms with Gasteiger partial charge in [0.05, 0.1) is 6.61 Å². The summed E-state index contributed by atoms with van der Waals surface area (Å²) >= 11 is 0. The van der Waals surface area contributed by atoms with Crippen LogP contribution in [-0.4, -0.2) is 29.1 Å². The highest BCUT2D eigenvalue weighted by atomic mass is 16.5. The predicted octanol–water partition coefficient (Wildman–Crippen LogP) is 0.601. The molecule has 1 aromatic rings. The normalized spacial score (nSPS) is 15.9. The molecule has 0 aliphatic heterocycles. The van der Waals surface area contributed by atoms with Crippen LogP contribution in [-0.2, 0) is 16.6 Å². The van der Waals surface area contributed by atoms with E-state index in [-0.39, 0.29) is 11.8 Å². The van der Waals surface area contributed by atoms with Gasteiger partial charge in [0.25, 0.3) is 11.8 Å². The lowest BCUT2D eigenvalue weighted by atomic mass is 10.3. The van der Waals surface area contributed by atoms with Crippen LogP contribution in [0.25, 0.3) is 0 Å². The minimum Gasteiger partial charge on any atom is -0.368 e. The van der Waals surface area contributed by atoms with Gasteiger partial charge < -0.3 is 9.30 Å². The average Bonchev–Trinajstić information content (AvgIpc) is 3.13. The molecule has 2 amide bonds. The number of nitrogens with one attached hydrogen (secondary N) is 2. The summed E-state index contributed by atoms with van der Waals surface area (Å²) in [4.78, 5) is 23.4. The Bertz CT molecular complexity index is 465. The molecule has 0 spiro atoms. The first-order chi connectivity index (χ1) is 9.08. The highest BCUT2D eigenvalue weighted by Crippen LogP contribution is 2.29. The molecule has 6 heteroatoms. The number of aromatic nitrogens is 1. The van der Waals surface area contributed by atoms with Crippen LogP contribution in [0.5, 0.6) is 0 Å². The number of rotatable bonds is 5. The fourth-order valence-corrected chi connectivity index (χ4v) is 1.62. The van der Waals surface area contributed by atoms with Gasteiger partial charge in [0, 0.05) is 13.2 Å². The number of carbonyl (C=O) groups excluding carboxylic acids is 2. The number of hydrogen-bond donors (Lipinski definition) is 2. The maximum Gasteiger partial charge on any atom is 0.286 e. The zero-order chi connectivity index (χ0) is 13.8. The molecule has 1 aliphatic carbocycles. The molecule has 1 aromatic heterocycles. The van der Waals surface area contributed by atoms with E-state index in [0.29, 0.717) is 18.2 Å². The fourth-order valence-electron chi connectivity index (χ4n) is 1.62. The van der Waals surface area contributed by atoms with Gasteiger partial charge in [0.15, 0.2) is 0 Å². The molecule has 1 heterocycles. The van der Waals surface area contributed by atoms with E-state index in [0.717, 1.165) is 0 Å². The van der Waals surface area contributed by atoms with Crippen LogP contribution in [0.15, 0.2) is 18.3 Å².